The van der Waals surface area contributed by atoms with Crippen LogP contribution in [0.5, 0.6) is 0 Å². The van der Waals surface area contributed by atoms with Crippen molar-refractivity contribution in [2.24, 2.45) is 5.73 Å². The largest absolute Gasteiger partial charge is 0.443 e. The molecule has 5 nitrogen and oxygen atoms in total. The van der Waals surface area contributed by atoms with Crippen LogP contribution in [0.1, 0.15) is 19.3 Å². The van der Waals surface area contributed by atoms with Crippen LogP contribution >= 0.6 is 0 Å². The number of carbonyl (C=O) groups excluding carboxylic acids is 1. The molecule has 2 saturated heterocycles. The summed E-state index contributed by atoms with van der Waals surface area (Å²) in [6, 6.07) is 0. The Hall–Kier alpha value is -0.810. The van der Waals surface area contributed by atoms with Crippen LogP contribution in [0.25, 0.3) is 0 Å². The standard InChI is InChI=1S/C10H19N3O2/c11-4-8-13-7-3-10(15-9(13)14)1-5-12-6-2-10/h12H,1-8,11H2. The summed E-state index contributed by atoms with van der Waals surface area (Å²) in [5, 5.41) is 3.28. The van der Waals surface area contributed by atoms with Crippen LogP contribution in [0.4, 0.5) is 4.79 Å². The number of ether oxygens (including phenoxy) is 1. The quantitative estimate of drug-likeness (QED) is 0.672. The zero-order valence-corrected chi connectivity index (χ0v) is 9.00. The second kappa shape index (κ2) is 4.37. The summed E-state index contributed by atoms with van der Waals surface area (Å²) in [4.78, 5) is 13.4. The zero-order valence-electron chi connectivity index (χ0n) is 9.00. The normalized spacial score (nSPS) is 25.4. The minimum absolute atomic E-state index is 0.186. The molecule has 0 atom stereocenters. The molecule has 2 rings (SSSR count). The highest BCUT2D eigenvalue weighted by Crippen LogP contribution is 2.31. The van der Waals surface area contributed by atoms with Crippen molar-refractivity contribution in [2.45, 2.75) is 24.9 Å². The molecule has 5 heteroatoms. The molecule has 0 aliphatic carbocycles. The number of nitrogens with one attached hydrogen (secondary N) is 1. The van der Waals surface area contributed by atoms with Gasteiger partial charge in [-0.2, -0.15) is 0 Å². The summed E-state index contributed by atoms with van der Waals surface area (Å²) in [6.45, 7) is 3.79. The Labute approximate surface area is 89.9 Å². The van der Waals surface area contributed by atoms with Gasteiger partial charge in [0.1, 0.15) is 5.60 Å². The van der Waals surface area contributed by atoms with Crippen LogP contribution in [-0.4, -0.2) is 49.3 Å². The minimum Gasteiger partial charge on any atom is -0.443 e. The molecule has 0 aromatic carbocycles. The second-order valence-electron chi connectivity index (χ2n) is 4.33. The van der Waals surface area contributed by atoms with Gasteiger partial charge in [-0.3, -0.25) is 0 Å². The molecule has 2 fully saturated rings. The van der Waals surface area contributed by atoms with Crippen molar-refractivity contribution < 1.29 is 9.53 Å². The van der Waals surface area contributed by atoms with Crippen molar-refractivity contribution in [2.75, 3.05) is 32.7 Å². The number of carbonyl (C=O) groups is 1. The topological polar surface area (TPSA) is 67.6 Å². The van der Waals surface area contributed by atoms with Crippen molar-refractivity contribution in [3.63, 3.8) is 0 Å². The smallest absolute Gasteiger partial charge is 0.410 e. The molecular weight excluding hydrogens is 194 g/mol. The maximum Gasteiger partial charge on any atom is 0.410 e. The molecule has 1 amide bonds. The van der Waals surface area contributed by atoms with Crippen molar-refractivity contribution in [1.82, 2.24) is 10.2 Å². The van der Waals surface area contributed by atoms with E-state index in [0.717, 1.165) is 38.9 Å². The highest BCUT2D eigenvalue weighted by atomic mass is 16.6. The average Bonchev–Trinajstić information content (AvgIpc) is 2.24. The lowest BCUT2D eigenvalue weighted by Crippen LogP contribution is -2.54. The Balaban J connectivity index is 1.94. The number of rotatable bonds is 2. The Kier molecular flexibility index (Phi) is 3.11. The van der Waals surface area contributed by atoms with Crippen molar-refractivity contribution >= 4 is 6.09 Å². The summed E-state index contributed by atoms with van der Waals surface area (Å²) >= 11 is 0. The van der Waals surface area contributed by atoms with Crippen LogP contribution < -0.4 is 11.1 Å². The lowest BCUT2D eigenvalue weighted by molar-refractivity contribution is -0.0641. The summed E-state index contributed by atoms with van der Waals surface area (Å²) in [6.07, 6.45) is 2.64. The van der Waals surface area contributed by atoms with E-state index in [0.29, 0.717) is 13.1 Å². The number of nitrogens with two attached hydrogens (primary N) is 1. The van der Waals surface area contributed by atoms with E-state index < -0.39 is 0 Å². The first-order chi connectivity index (χ1) is 7.26. The SMILES string of the molecule is NCCN1CCC2(CCNCC2)OC1=O. The van der Waals surface area contributed by atoms with E-state index in [-0.39, 0.29) is 11.7 Å². The van der Waals surface area contributed by atoms with E-state index in [1.807, 2.05) is 0 Å². The monoisotopic (exact) mass is 213 g/mol. The van der Waals surface area contributed by atoms with Gasteiger partial charge in [0.25, 0.3) is 0 Å². The van der Waals surface area contributed by atoms with E-state index in [1.54, 1.807) is 4.90 Å². The van der Waals surface area contributed by atoms with E-state index in [4.69, 9.17) is 10.5 Å². The Bertz CT molecular complexity index is 239. The third-order valence-electron chi connectivity index (χ3n) is 3.31. The lowest BCUT2D eigenvalue weighted by atomic mass is 9.87. The molecule has 3 N–H and O–H groups in total. The van der Waals surface area contributed by atoms with E-state index in [9.17, 15) is 4.79 Å². The first-order valence-electron chi connectivity index (χ1n) is 5.64. The van der Waals surface area contributed by atoms with Crippen LogP contribution in [-0.2, 0) is 4.74 Å². The van der Waals surface area contributed by atoms with Crippen LogP contribution in [0, 0.1) is 0 Å². The number of amides is 1. The fraction of sp³-hybridized carbons (Fsp3) is 0.900. The summed E-state index contributed by atoms with van der Waals surface area (Å²) in [5.41, 5.74) is 5.25. The molecule has 1 spiro atoms. The lowest BCUT2D eigenvalue weighted by Gasteiger charge is -2.43. The fourth-order valence-corrected chi connectivity index (χ4v) is 2.32. The molecule has 2 aliphatic rings. The molecule has 86 valence electrons. The fourth-order valence-electron chi connectivity index (χ4n) is 2.32. The Morgan fingerprint density at radius 3 is 2.73 bits per heavy atom. The molecule has 2 aliphatic heterocycles. The number of hydrogen-bond acceptors (Lipinski definition) is 4. The van der Waals surface area contributed by atoms with E-state index >= 15 is 0 Å². The van der Waals surface area contributed by atoms with E-state index in [1.165, 1.54) is 0 Å². The number of hydrogen-bond donors (Lipinski definition) is 2. The predicted octanol–water partition coefficient (Wildman–Crippen LogP) is -0.0904. The maximum atomic E-state index is 11.7. The van der Waals surface area contributed by atoms with Crippen molar-refractivity contribution in [3.8, 4) is 0 Å². The third kappa shape index (κ3) is 2.23. The van der Waals surface area contributed by atoms with Gasteiger partial charge in [0.05, 0.1) is 0 Å². The molecular formula is C10H19N3O2. The molecule has 2 heterocycles. The number of nitrogens with zero attached hydrogens (tertiary/aromatic N) is 1. The molecule has 0 radical (unpaired) electrons. The van der Waals surface area contributed by atoms with Gasteiger partial charge in [0, 0.05) is 26.1 Å². The van der Waals surface area contributed by atoms with Crippen LogP contribution in [0.2, 0.25) is 0 Å². The van der Waals surface area contributed by atoms with Gasteiger partial charge in [-0.1, -0.05) is 0 Å². The second-order valence-corrected chi connectivity index (χ2v) is 4.33. The van der Waals surface area contributed by atoms with E-state index in [2.05, 4.69) is 5.32 Å². The molecule has 0 aromatic rings. The van der Waals surface area contributed by atoms with Gasteiger partial charge < -0.3 is 20.7 Å². The summed E-state index contributed by atoms with van der Waals surface area (Å²) in [5.74, 6) is 0. The van der Waals surface area contributed by atoms with Crippen LogP contribution in [0.15, 0.2) is 0 Å². The molecule has 0 bridgehead atoms. The number of piperidine rings is 1. The predicted molar refractivity (Wildman–Crippen MR) is 56.6 cm³/mol. The zero-order chi connectivity index (χ0) is 10.7. The molecule has 0 saturated carbocycles. The molecule has 0 unspecified atom stereocenters. The van der Waals surface area contributed by atoms with Crippen molar-refractivity contribution in [1.29, 1.82) is 0 Å². The third-order valence-corrected chi connectivity index (χ3v) is 3.31. The summed E-state index contributed by atoms with van der Waals surface area (Å²) < 4.78 is 5.57. The summed E-state index contributed by atoms with van der Waals surface area (Å²) in [7, 11) is 0. The van der Waals surface area contributed by atoms with Crippen molar-refractivity contribution in [3.05, 3.63) is 0 Å². The highest BCUT2D eigenvalue weighted by Gasteiger charge is 2.40. The van der Waals surface area contributed by atoms with Gasteiger partial charge in [-0.15, -0.1) is 0 Å². The Morgan fingerprint density at radius 1 is 1.40 bits per heavy atom. The highest BCUT2D eigenvalue weighted by molar-refractivity contribution is 5.69. The van der Waals surface area contributed by atoms with Gasteiger partial charge in [-0.05, 0) is 25.9 Å². The first-order valence-corrected chi connectivity index (χ1v) is 5.64. The molecule has 0 aromatic heterocycles. The van der Waals surface area contributed by atoms with Gasteiger partial charge in [-0.25, -0.2) is 4.79 Å². The average molecular weight is 213 g/mol. The molecule has 15 heavy (non-hydrogen) atoms. The maximum absolute atomic E-state index is 11.7. The van der Waals surface area contributed by atoms with Crippen LogP contribution in [0.3, 0.4) is 0 Å². The van der Waals surface area contributed by atoms with Gasteiger partial charge in [0.15, 0.2) is 0 Å². The minimum atomic E-state index is -0.187. The van der Waals surface area contributed by atoms with Gasteiger partial charge in [0.2, 0.25) is 0 Å². The first kappa shape index (κ1) is 10.7. The Morgan fingerprint density at radius 2 is 2.13 bits per heavy atom. The van der Waals surface area contributed by atoms with Gasteiger partial charge >= 0.3 is 6.09 Å².